The summed E-state index contributed by atoms with van der Waals surface area (Å²) in [7, 11) is -3.66. The van der Waals surface area contributed by atoms with Crippen molar-refractivity contribution in [1.82, 2.24) is 4.98 Å². The van der Waals surface area contributed by atoms with Gasteiger partial charge in [-0.3, -0.25) is 4.72 Å². The molecule has 0 fully saturated rings. The summed E-state index contributed by atoms with van der Waals surface area (Å²) in [4.78, 5) is 3.89. The van der Waals surface area contributed by atoms with Gasteiger partial charge in [0.1, 0.15) is 10.7 Å². The second kappa shape index (κ2) is 5.13. The van der Waals surface area contributed by atoms with E-state index >= 15 is 0 Å². The zero-order valence-electron chi connectivity index (χ0n) is 11.6. The molecule has 2 rings (SSSR count). The van der Waals surface area contributed by atoms with Gasteiger partial charge < -0.3 is 5.73 Å². The zero-order chi connectivity index (χ0) is 14.9. The molecule has 0 aliphatic heterocycles. The van der Waals surface area contributed by atoms with Crippen molar-refractivity contribution in [2.45, 2.75) is 25.7 Å². The van der Waals surface area contributed by atoms with Crippen LogP contribution in [-0.2, 0) is 10.0 Å². The first-order valence-corrected chi connectivity index (χ1v) is 7.60. The van der Waals surface area contributed by atoms with Crippen LogP contribution in [0.25, 0.3) is 0 Å². The fourth-order valence-electron chi connectivity index (χ4n) is 2.08. The van der Waals surface area contributed by atoms with Gasteiger partial charge in [-0.05, 0) is 44.0 Å². The van der Waals surface area contributed by atoms with Crippen molar-refractivity contribution in [2.75, 3.05) is 10.5 Å². The number of hydrogen-bond donors (Lipinski definition) is 2. The average Bonchev–Trinajstić information content (AvgIpc) is 2.34. The average molecular weight is 291 g/mol. The summed E-state index contributed by atoms with van der Waals surface area (Å²) in [5.41, 5.74) is 8.93. The van der Waals surface area contributed by atoms with E-state index in [2.05, 4.69) is 9.71 Å². The fourth-order valence-corrected chi connectivity index (χ4v) is 3.23. The Morgan fingerprint density at radius 3 is 2.20 bits per heavy atom. The maximum Gasteiger partial charge on any atom is 0.263 e. The fraction of sp³-hybridized carbons (Fsp3) is 0.214. The molecule has 0 atom stereocenters. The van der Waals surface area contributed by atoms with Crippen molar-refractivity contribution in [1.29, 1.82) is 0 Å². The van der Waals surface area contributed by atoms with Crippen LogP contribution in [0, 0.1) is 20.8 Å². The lowest BCUT2D eigenvalue weighted by Gasteiger charge is -2.14. The Labute approximate surface area is 118 Å². The Bertz CT molecular complexity index is 715. The molecule has 0 bridgehead atoms. The highest BCUT2D eigenvalue weighted by Gasteiger charge is 2.17. The lowest BCUT2D eigenvalue weighted by molar-refractivity contribution is 0.601. The summed E-state index contributed by atoms with van der Waals surface area (Å²) < 4.78 is 27.2. The van der Waals surface area contributed by atoms with Crippen LogP contribution in [0.3, 0.4) is 0 Å². The first-order chi connectivity index (χ1) is 9.29. The lowest BCUT2D eigenvalue weighted by atomic mass is 10.1. The van der Waals surface area contributed by atoms with Crippen LogP contribution in [0.1, 0.15) is 16.7 Å². The molecule has 20 heavy (non-hydrogen) atoms. The molecule has 6 heteroatoms. The van der Waals surface area contributed by atoms with Gasteiger partial charge in [-0.2, -0.15) is 0 Å². The summed E-state index contributed by atoms with van der Waals surface area (Å²) in [6, 6.07) is 6.77. The monoisotopic (exact) mass is 291 g/mol. The number of aryl methyl sites for hydroxylation is 3. The standard InChI is InChI=1S/C14H17N3O2S/c1-9-6-10(2)14(11(3)7-9)17-20(18,19)12-4-5-13(15)16-8-12/h4-8,17H,1-3H3,(H2,15,16). The van der Waals surface area contributed by atoms with Gasteiger partial charge in [0.2, 0.25) is 0 Å². The van der Waals surface area contributed by atoms with Crippen molar-refractivity contribution < 1.29 is 8.42 Å². The molecule has 0 amide bonds. The van der Waals surface area contributed by atoms with Crippen molar-refractivity contribution in [3.05, 3.63) is 47.2 Å². The molecule has 1 aromatic carbocycles. The smallest absolute Gasteiger partial charge is 0.263 e. The number of nitrogen functional groups attached to an aromatic ring is 1. The summed E-state index contributed by atoms with van der Waals surface area (Å²) in [5.74, 6) is 0.284. The molecule has 5 nitrogen and oxygen atoms in total. The third-order valence-electron chi connectivity index (χ3n) is 2.98. The molecule has 3 N–H and O–H groups in total. The highest BCUT2D eigenvalue weighted by Crippen LogP contribution is 2.25. The Hall–Kier alpha value is -2.08. The summed E-state index contributed by atoms with van der Waals surface area (Å²) in [5, 5.41) is 0. The topological polar surface area (TPSA) is 85.1 Å². The van der Waals surface area contributed by atoms with Gasteiger partial charge in [0, 0.05) is 6.20 Å². The predicted octanol–water partition coefficient (Wildman–Crippen LogP) is 2.39. The maximum absolute atomic E-state index is 12.3. The molecule has 0 aliphatic carbocycles. The number of hydrogen-bond acceptors (Lipinski definition) is 4. The highest BCUT2D eigenvalue weighted by molar-refractivity contribution is 7.92. The number of sulfonamides is 1. The normalized spacial score (nSPS) is 11.3. The second-order valence-electron chi connectivity index (χ2n) is 4.80. The molecule has 1 heterocycles. The molecule has 0 saturated carbocycles. The number of nitrogens with one attached hydrogen (secondary N) is 1. The number of benzene rings is 1. The Balaban J connectivity index is 2.41. The second-order valence-corrected chi connectivity index (χ2v) is 6.48. The van der Waals surface area contributed by atoms with E-state index in [4.69, 9.17) is 5.73 Å². The molecule has 0 aliphatic rings. The van der Waals surface area contributed by atoms with Gasteiger partial charge in [0.15, 0.2) is 0 Å². The number of anilines is 2. The Morgan fingerprint density at radius 2 is 1.70 bits per heavy atom. The van der Waals surface area contributed by atoms with Gasteiger partial charge in [-0.1, -0.05) is 17.7 Å². The molecule has 0 radical (unpaired) electrons. The maximum atomic E-state index is 12.3. The van der Waals surface area contributed by atoms with Crippen molar-refractivity contribution in [3.63, 3.8) is 0 Å². The minimum atomic E-state index is -3.66. The van der Waals surface area contributed by atoms with Crippen LogP contribution >= 0.6 is 0 Å². The molecule has 0 saturated heterocycles. The van der Waals surface area contributed by atoms with Crippen LogP contribution in [0.15, 0.2) is 35.4 Å². The molecule has 0 unspecified atom stereocenters. The van der Waals surface area contributed by atoms with Crippen LogP contribution in [-0.4, -0.2) is 13.4 Å². The third kappa shape index (κ3) is 2.91. The minimum Gasteiger partial charge on any atom is -0.384 e. The molecule has 0 spiro atoms. The van der Waals surface area contributed by atoms with Crippen molar-refractivity contribution >= 4 is 21.5 Å². The predicted molar refractivity (Wildman–Crippen MR) is 80.1 cm³/mol. The van der Waals surface area contributed by atoms with E-state index in [-0.39, 0.29) is 10.7 Å². The first-order valence-electron chi connectivity index (χ1n) is 6.12. The highest BCUT2D eigenvalue weighted by atomic mass is 32.2. The van der Waals surface area contributed by atoms with Crippen LogP contribution in [0.4, 0.5) is 11.5 Å². The molecular formula is C14H17N3O2S. The number of rotatable bonds is 3. The minimum absolute atomic E-state index is 0.0890. The molecule has 1 aromatic heterocycles. The van der Waals surface area contributed by atoms with E-state index in [1.807, 2.05) is 32.9 Å². The Kier molecular flexibility index (Phi) is 3.67. The number of aromatic nitrogens is 1. The van der Waals surface area contributed by atoms with Crippen molar-refractivity contribution in [2.24, 2.45) is 0 Å². The van der Waals surface area contributed by atoms with Gasteiger partial charge in [-0.25, -0.2) is 13.4 Å². The molecule has 106 valence electrons. The zero-order valence-corrected chi connectivity index (χ0v) is 12.5. The van der Waals surface area contributed by atoms with Gasteiger partial charge in [0.05, 0.1) is 5.69 Å². The van der Waals surface area contributed by atoms with Crippen molar-refractivity contribution in [3.8, 4) is 0 Å². The summed E-state index contributed by atoms with van der Waals surface area (Å²) >= 11 is 0. The van der Waals surface area contributed by atoms with E-state index < -0.39 is 10.0 Å². The van der Waals surface area contributed by atoms with Gasteiger partial charge >= 0.3 is 0 Å². The van der Waals surface area contributed by atoms with Crippen LogP contribution < -0.4 is 10.5 Å². The van der Waals surface area contributed by atoms with E-state index in [0.29, 0.717) is 5.69 Å². The lowest BCUT2D eigenvalue weighted by Crippen LogP contribution is -2.15. The summed E-state index contributed by atoms with van der Waals surface area (Å²) in [6.45, 7) is 5.72. The first kappa shape index (κ1) is 14.3. The van der Waals surface area contributed by atoms with Crippen LogP contribution in [0.2, 0.25) is 0 Å². The summed E-state index contributed by atoms with van der Waals surface area (Å²) in [6.07, 6.45) is 1.25. The quantitative estimate of drug-likeness (QED) is 0.909. The number of nitrogens with two attached hydrogens (primary N) is 1. The van der Waals surface area contributed by atoms with E-state index in [1.54, 1.807) is 0 Å². The molecular weight excluding hydrogens is 274 g/mol. The van der Waals surface area contributed by atoms with E-state index in [1.165, 1.54) is 18.3 Å². The molecule has 2 aromatic rings. The number of nitrogens with zero attached hydrogens (tertiary/aromatic N) is 1. The van der Waals surface area contributed by atoms with Crippen LogP contribution in [0.5, 0.6) is 0 Å². The SMILES string of the molecule is Cc1cc(C)c(NS(=O)(=O)c2ccc(N)nc2)c(C)c1. The van der Waals surface area contributed by atoms with E-state index in [0.717, 1.165) is 16.7 Å². The van der Waals surface area contributed by atoms with Gasteiger partial charge in [0.25, 0.3) is 10.0 Å². The Morgan fingerprint density at radius 1 is 1.10 bits per heavy atom. The third-order valence-corrected chi connectivity index (χ3v) is 4.32. The van der Waals surface area contributed by atoms with Gasteiger partial charge in [-0.15, -0.1) is 0 Å². The largest absolute Gasteiger partial charge is 0.384 e. The number of pyridine rings is 1. The van der Waals surface area contributed by atoms with E-state index in [9.17, 15) is 8.42 Å².